The Balaban J connectivity index is 3.33. The molecule has 2 N–H and O–H groups in total. The van der Waals surface area contributed by atoms with E-state index >= 15 is 0 Å². The fourth-order valence-electron chi connectivity index (χ4n) is 1.92. The molecule has 0 aromatic carbocycles. The van der Waals surface area contributed by atoms with Gasteiger partial charge >= 0.3 is 11.9 Å². The first-order chi connectivity index (χ1) is 7.34. The summed E-state index contributed by atoms with van der Waals surface area (Å²) in [7, 11) is 0. The number of ketones is 1. The van der Waals surface area contributed by atoms with E-state index in [1.165, 1.54) is 25.2 Å². The maximum absolute atomic E-state index is 11.5. The summed E-state index contributed by atoms with van der Waals surface area (Å²) >= 11 is 0. The molecule has 16 heavy (non-hydrogen) atoms. The smallest absolute Gasteiger partial charge is 0.331 e. The van der Waals surface area contributed by atoms with Crippen LogP contribution in [0, 0.1) is 11.3 Å². The minimum atomic E-state index is -1.76. The summed E-state index contributed by atoms with van der Waals surface area (Å²) < 4.78 is 0. The van der Waals surface area contributed by atoms with Crippen LogP contribution < -0.4 is 0 Å². The molecule has 0 fully saturated rings. The van der Waals surface area contributed by atoms with E-state index in [0.717, 1.165) is 6.92 Å². The SMILES string of the molecule is CC(=O)C1(C(=O)O)C=CC=C(C(=O)O)C1C. The van der Waals surface area contributed by atoms with Crippen molar-refractivity contribution in [3.63, 3.8) is 0 Å². The average Bonchev–Trinajstić information content (AvgIpc) is 2.16. The highest BCUT2D eigenvalue weighted by Crippen LogP contribution is 2.38. The molecular formula is C11H12O5. The van der Waals surface area contributed by atoms with Crippen molar-refractivity contribution in [2.24, 2.45) is 11.3 Å². The lowest BCUT2D eigenvalue weighted by Gasteiger charge is -2.32. The first kappa shape index (κ1) is 12.2. The Kier molecular flexibility index (Phi) is 2.98. The second kappa shape index (κ2) is 3.92. The van der Waals surface area contributed by atoms with Gasteiger partial charge in [0.05, 0.1) is 0 Å². The molecule has 2 unspecified atom stereocenters. The van der Waals surface area contributed by atoms with Crippen LogP contribution in [-0.2, 0) is 14.4 Å². The van der Waals surface area contributed by atoms with E-state index in [-0.39, 0.29) is 5.57 Å². The van der Waals surface area contributed by atoms with E-state index in [9.17, 15) is 14.4 Å². The third kappa shape index (κ3) is 1.54. The summed E-state index contributed by atoms with van der Waals surface area (Å²) in [6, 6.07) is 0. The first-order valence-electron chi connectivity index (χ1n) is 4.71. The summed E-state index contributed by atoms with van der Waals surface area (Å²) in [6.45, 7) is 2.58. The van der Waals surface area contributed by atoms with Crippen LogP contribution in [0.15, 0.2) is 23.8 Å². The van der Waals surface area contributed by atoms with Crippen molar-refractivity contribution in [1.29, 1.82) is 0 Å². The van der Waals surface area contributed by atoms with E-state index in [2.05, 4.69) is 0 Å². The van der Waals surface area contributed by atoms with Crippen LogP contribution in [-0.4, -0.2) is 27.9 Å². The van der Waals surface area contributed by atoms with Crippen molar-refractivity contribution < 1.29 is 24.6 Å². The summed E-state index contributed by atoms with van der Waals surface area (Å²) in [5.41, 5.74) is -1.83. The first-order valence-corrected chi connectivity index (χ1v) is 4.71. The number of hydrogen-bond donors (Lipinski definition) is 2. The molecule has 1 rings (SSSR count). The maximum Gasteiger partial charge on any atom is 0.331 e. The second-order valence-corrected chi connectivity index (χ2v) is 3.74. The zero-order chi connectivity index (χ0) is 12.5. The van der Waals surface area contributed by atoms with E-state index < -0.39 is 29.1 Å². The van der Waals surface area contributed by atoms with Crippen molar-refractivity contribution in [1.82, 2.24) is 0 Å². The molecule has 5 heteroatoms. The molecule has 0 bridgehead atoms. The predicted octanol–water partition coefficient (Wildman–Crippen LogP) is 0.863. The van der Waals surface area contributed by atoms with Crippen LogP contribution in [0.25, 0.3) is 0 Å². The van der Waals surface area contributed by atoms with Crippen molar-refractivity contribution in [2.75, 3.05) is 0 Å². The molecule has 0 spiro atoms. The molecule has 86 valence electrons. The third-order valence-electron chi connectivity index (χ3n) is 2.97. The quantitative estimate of drug-likeness (QED) is 0.694. The van der Waals surface area contributed by atoms with Gasteiger partial charge in [-0.15, -0.1) is 0 Å². The molecule has 0 aromatic heterocycles. The van der Waals surface area contributed by atoms with E-state index in [0.29, 0.717) is 0 Å². The Hall–Kier alpha value is -1.91. The van der Waals surface area contributed by atoms with Crippen molar-refractivity contribution in [3.8, 4) is 0 Å². The summed E-state index contributed by atoms with van der Waals surface area (Å²) in [5, 5.41) is 18.0. The van der Waals surface area contributed by atoms with Gasteiger partial charge in [-0.2, -0.15) is 0 Å². The minimum Gasteiger partial charge on any atom is -0.480 e. The van der Waals surface area contributed by atoms with Gasteiger partial charge in [0, 0.05) is 11.5 Å². The largest absolute Gasteiger partial charge is 0.480 e. The summed E-state index contributed by atoms with van der Waals surface area (Å²) in [4.78, 5) is 33.6. The number of rotatable bonds is 3. The van der Waals surface area contributed by atoms with Crippen LogP contribution in [0.3, 0.4) is 0 Å². The lowest BCUT2D eigenvalue weighted by molar-refractivity contribution is -0.153. The molecule has 2 atom stereocenters. The molecule has 1 aliphatic carbocycles. The Morgan fingerprint density at radius 1 is 1.31 bits per heavy atom. The van der Waals surface area contributed by atoms with Gasteiger partial charge < -0.3 is 10.2 Å². The highest BCUT2D eigenvalue weighted by atomic mass is 16.4. The molecule has 1 aliphatic rings. The van der Waals surface area contributed by atoms with Gasteiger partial charge in [0.15, 0.2) is 11.2 Å². The number of allylic oxidation sites excluding steroid dienone is 2. The van der Waals surface area contributed by atoms with Gasteiger partial charge in [-0.25, -0.2) is 4.79 Å². The molecular weight excluding hydrogens is 212 g/mol. The second-order valence-electron chi connectivity index (χ2n) is 3.74. The molecule has 0 radical (unpaired) electrons. The summed E-state index contributed by atoms with van der Waals surface area (Å²) in [5.74, 6) is -3.99. The number of hydrogen-bond acceptors (Lipinski definition) is 3. The Morgan fingerprint density at radius 3 is 2.25 bits per heavy atom. The zero-order valence-electron chi connectivity index (χ0n) is 8.93. The van der Waals surface area contributed by atoms with Crippen LogP contribution in [0.2, 0.25) is 0 Å². The monoisotopic (exact) mass is 224 g/mol. The van der Waals surface area contributed by atoms with E-state index in [1.807, 2.05) is 0 Å². The molecule has 0 aliphatic heterocycles. The van der Waals surface area contributed by atoms with Crippen molar-refractivity contribution >= 4 is 17.7 Å². The summed E-state index contributed by atoms with van der Waals surface area (Å²) in [6.07, 6.45) is 3.87. The topological polar surface area (TPSA) is 91.7 Å². The standard InChI is InChI=1S/C11H12O5/c1-6-8(9(13)14)4-3-5-11(6,7(2)12)10(15)16/h3-6H,1-2H3,(H,13,14)(H,15,16). The van der Waals surface area contributed by atoms with E-state index in [1.54, 1.807) is 0 Å². The molecule has 0 amide bonds. The maximum atomic E-state index is 11.5. The van der Waals surface area contributed by atoms with Crippen LogP contribution in [0.4, 0.5) is 0 Å². The zero-order valence-corrected chi connectivity index (χ0v) is 8.93. The van der Waals surface area contributed by atoms with Crippen LogP contribution in [0.5, 0.6) is 0 Å². The predicted molar refractivity (Wildman–Crippen MR) is 54.8 cm³/mol. The number of Topliss-reactive ketones (excluding diaryl/α,β-unsaturated/α-hetero) is 1. The molecule has 0 saturated heterocycles. The fraction of sp³-hybridized carbons (Fsp3) is 0.364. The molecule has 0 saturated carbocycles. The number of carboxylic acids is 2. The number of carboxylic acid groups (broad SMARTS) is 2. The van der Waals surface area contributed by atoms with Crippen molar-refractivity contribution in [3.05, 3.63) is 23.8 Å². The van der Waals surface area contributed by atoms with E-state index in [4.69, 9.17) is 10.2 Å². The lowest BCUT2D eigenvalue weighted by atomic mass is 9.67. The molecule has 0 heterocycles. The van der Waals surface area contributed by atoms with Gasteiger partial charge in [-0.1, -0.05) is 25.2 Å². The normalized spacial score (nSPS) is 28.4. The van der Waals surface area contributed by atoms with Gasteiger partial charge in [-0.3, -0.25) is 9.59 Å². The third-order valence-corrected chi connectivity index (χ3v) is 2.97. The van der Waals surface area contributed by atoms with Gasteiger partial charge in [0.1, 0.15) is 0 Å². The van der Waals surface area contributed by atoms with Gasteiger partial charge in [-0.05, 0) is 6.92 Å². The lowest BCUT2D eigenvalue weighted by Crippen LogP contribution is -2.44. The number of carbonyl (C=O) groups is 3. The average molecular weight is 224 g/mol. The van der Waals surface area contributed by atoms with Crippen molar-refractivity contribution in [2.45, 2.75) is 13.8 Å². The molecule has 0 aromatic rings. The number of carbonyl (C=O) groups excluding carboxylic acids is 1. The van der Waals surface area contributed by atoms with Gasteiger partial charge in [0.25, 0.3) is 0 Å². The highest BCUT2D eigenvalue weighted by molar-refractivity contribution is 6.07. The Bertz CT molecular complexity index is 402. The highest BCUT2D eigenvalue weighted by Gasteiger charge is 2.49. The fourth-order valence-corrected chi connectivity index (χ4v) is 1.92. The Morgan fingerprint density at radius 2 is 1.88 bits per heavy atom. The molecule has 5 nitrogen and oxygen atoms in total. The Labute approximate surface area is 92.1 Å². The number of aliphatic carboxylic acids is 2. The van der Waals surface area contributed by atoms with Crippen LogP contribution >= 0.6 is 0 Å². The van der Waals surface area contributed by atoms with Gasteiger partial charge in [0.2, 0.25) is 0 Å². The van der Waals surface area contributed by atoms with Crippen LogP contribution in [0.1, 0.15) is 13.8 Å². The minimum absolute atomic E-state index is 0.0694.